The molecule has 0 unspecified atom stereocenters. The molecule has 1 aromatic carbocycles. The van der Waals surface area contributed by atoms with E-state index in [1.54, 1.807) is 11.6 Å². The Bertz CT molecular complexity index is 857. The summed E-state index contributed by atoms with van der Waals surface area (Å²) in [6.07, 6.45) is 1.16. The fraction of sp³-hybridized carbons (Fsp3) is 0.429. The van der Waals surface area contributed by atoms with Gasteiger partial charge in [-0.05, 0) is 43.9 Å². The van der Waals surface area contributed by atoms with Crippen molar-refractivity contribution in [3.8, 4) is 0 Å². The number of aromatic nitrogens is 1. The highest BCUT2D eigenvalue weighted by Gasteiger charge is 2.24. The third-order valence-corrected chi connectivity index (χ3v) is 5.37. The summed E-state index contributed by atoms with van der Waals surface area (Å²) in [5, 5.41) is 2.95. The average molecular weight is 353 g/mol. The lowest BCUT2D eigenvalue weighted by Crippen LogP contribution is -2.35. The van der Waals surface area contributed by atoms with Crippen molar-refractivity contribution in [3.05, 3.63) is 69.1 Å². The van der Waals surface area contributed by atoms with Crippen molar-refractivity contribution in [1.29, 1.82) is 0 Å². The summed E-state index contributed by atoms with van der Waals surface area (Å²) in [5.41, 5.74) is 3.85. The number of hydrogen-bond donors (Lipinski definition) is 1. The summed E-state index contributed by atoms with van der Waals surface area (Å²) in [4.78, 5) is 26.4. The number of nitrogens with one attached hydrogen (secondary N) is 1. The topological polar surface area (TPSA) is 54.3 Å². The van der Waals surface area contributed by atoms with Crippen LogP contribution in [0.1, 0.15) is 39.6 Å². The Balaban J connectivity index is 1.52. The zero-order valence-electron chi connectivity index (χ0n) is 15.8. The minimum atomic E-state index is -0.192. The Kier molecular flexibility index (Phi) is 5.57. The molecular weight excluding hydrogens is 326 g/mol. The van der Waals surface area contributed by atoms with Gasteiger partial charge in [0.25, 0.3) is 5.91 Å². The number of rotatable bonds is 5. The smallest absolute Gasteiger partial charge is 0.268 e. The molecule has 1 aliphatic heterocycles. The second-order valence-corrected chi connectivity index (χ2v) is 7.18. The lowest BCUT2D eigenvalue weighted by atomic mass is 9.94. The molecular formula is C21H27N3O2. The lowest BCUT2D eigenvalue weighted by Gasteiger charge is -2.18. The van der Waals surface area contributed by atoms with Crippen LogP contribution in [0.3, 0.4) is 0 Å². The lowest BCUT2D eigenvalue weighted by molar-refractivity contribution is 0.0940. The minimum Gasteiger partial charge on any atom is -0.349 e. The summed E-state index contributed by atoms with van der Waals surface area (Å²) in [7, 11) is 1.80. The van der Waals surface area contributed by atoms with Crippen LogP contribution in [-0.4, -0.2) is 41.6 Å². The number of nitrogens with zero attached hydrogens (tertiary/aromatic N) is 2. The fourth-order valence-corrected chi connectivity index (χ4v) is 3.74. The predicted molar refractivity (Wildman–Crippen MR) is 104 cm³/mol. The number of pyridine rings is 1. The molecule has 1 aliphatic rings. The van der Waals surface area contributed by atoms with Crippen LogP contribution in [0, 0.1) is 13.8 Å². The first-order valence-electron chi connectivity index (χ1n) is 9.19. The molecule has 0 bridgehead atoms. The molecule has 138 valence electrons. The molecule has 0 spiro atoms. The van der Waals surface area contributed by atoms with Gasteiger partial charge < -0.3 is 14.8 Å². The van der Waals surface area contributed by atoms with Crippen molar-refractivity contribution in [3.63, 3.8) is 0 Å². The maximum absolute atomic E-state index is 12.4. The van der Waals surface area contributed by atoms with Gasteiger partial charge >= 0.3 is 0 Å². The number of carbonyl (C=O) groups excluding carboxylic acids is 1. The Labute approximate surface area is 154 Å². The number of aryl methyl sites for hydroxylation is 2. The third kappa shape index (κ3) is 4.05. The molecule has 0 radical (unpaired) electrons. The van der Waals surface area contributed by atoms with Crippen molar-refractivity contribution in [1.82, 2.24) is 14.8 Å². The molecule has 5 heteroatoms. The monoisotopic (exact) mass is 353 g/mol. The first-order valence-corrected chi connectivity index (χ1v) is 9.19. The molecule has 2 aromatic rings. The van der Waals surface area contributed by atoms with Crippen LogP contribution < -0.4 is 10.7 Å². The van der Waals surface area contributed by atoms with Gasteiger partial charge in [0.2, 0.25) is 0 Å². The number of amides is 1. The Hall–Kier alpha value is -2.40. The Morgan fingerprint density at radius 3 is 2.77 bits per heavy atom. The van der Waals surface area contributed by atoms with Gasteiger partial charge in [-0.2, -0.15) is 0 Å². The van der Waals surface area contributed by atoms with Crippen molar-refractivity contribution >= 4 is 5.91 Å². The highest BCUT2D eigenvalue weighted by molar-refractivity contribution is 5.92. The third-order valence-electron chi connectivity index (χ3n) is 5.37. The van der Waals surface area contributed by atoms with Crippen LogP contribution in [0.25, 0.3) is 0 Å². The van der Waals surface area contributed by atoms with Crippen molar-refractivity contribution < 1.29 is 4.79 Å². The molecule has 5 nitrogen and oxygen atoms in total. The summed E-state index contributed by atoms with van der Waals surface area (Å²) in [6.45, 7) is 7.50. The maximum atomic E-state index is 12.4. The highest BCUT2D eigenvalue weighted by Crippen LogP contribution is 2.28. The number of hydrogen-bond acceptors (Lipinski definition) is 3. The fourth-order valence-electron chi connectivity index (χ4n) is 3.74. The highest BCUT2D eigenvalue weighted by atomic mass is 16.2. The van der Waals surface area contributed by atoms with Crippen LogP contribution in [0.5, 0.6) is 0 Å². The molecule has 1 N–H and O–H groups in total. The van der Waals surface area contributed by atoms with Crippen LogP contribution in [-0.2, 0) is 7.05 Å². The summed E-state index contributed by atoms with van der Waals surface area (Å²) in [6, 6.07) is 11.5. The van der Waals surface area contributed by atoms with Gasteiger partial charge in [0, 0.05) is 44.5 Å². The van der Waals surface area contributed by atoms with E-state index < -0.39 is 0 Å². The minimum absolute atomic E-state index is 0.133. The van der Waals surface area contributed by atoms with Gasteiger partial charge in [-0.1, -0.05) is 24.3 Å². The summed E-state index contributed by atoms with van der Waals surface area (Å²) < 4.78 is 1.75. The SMILES string of the molecule is Cc1ccccc1[C@H]1CCN(CCNC(=O)c2cc(=O)cc(C)n2C)C1. The van der Waals surface area contributed by atoms with Crippen LogP contribution >= 0.6 is 0 Å². The van der Waals surface area contributed by atoms with E-state index in [9.17, 15) is 9.59 Å². The van der Waals surface area contributed by atoms with E-state index in [1.165, 1.54) is 23.3 Å². The average Bonchev–Trinajstić information content (AvgIpc) is 3.07. The quantitative estimate of drug-likeness (QED) is 0.897. The molecule has 0 aliphatic carbocycles. The van der Waals surface area contributed by atoms with Crippen molar-refractivity contribution in [2.45, 2.75) is 26.2 Å². The molecule has 1 saturated heterocycles. The predicted octanol–water partition coefficient (Wildman–Crippen LogP) is 2.22. The van der Waals surface area contributed by atoms with E-state index in [1.807, 2.05) is 6.92 Å². The molecule has 1 aromatic heterocycles. The molecule has 1 fully saturated rings. The number of likely N-dealkylation sites (tertiary alicyclic amines) is 1. The first-order chi connectivity index (χ1) is 12.5. The largest absolute Gasteiger partial charge is 0.349 e. The van der Waals surface area contributed by atoms with Gasteiger partial charge in [0.1, 0.15) is 5.69 Å². The second kappa shape index (κ2) is 7.87. The molecule has 2 heterocycles. The van der Waals surface area contributed by atoms with E-state index in [4.69, 9.17) is 0 Å². The van der Waals surface area contributed by atoms with Crippen LogP contribution in [0.15, 0.2) is 41.2 Å². The molecule has 3 rings (SSSR count). The van der Waals surface area contributed by atoms with Crippen molar-refractivity contribution in [2.24, 2.45) is 7.05 Å². The van der Waals surface area contributed by atoms with E-state index in [-0.39, 0.29) is 11.3 Å². The Morgan fingerprint density at radius 1 is 1.23 bits per heavy atom. The first kappa shape index (κ1) is 18.4. The van der Waals surface area contributed by atoms with Crippen LogP contribution in [0.4, 0.5) is 0 Å². The summed E-state index contributed by atoms with van der Waals surface area (Å²) in [5.74, 6) is 0.382. The zero-order valence-corrected chi connectivity index (χ0v) is 15.8. The van der Waals surface area contributed by atoms with Gasteiger partial charge in [-0.3, -0.25) is 9.59 Å². The van der Waals surface area contributed by atoms with E-state index in [2.05, 4.69) is 41.4 Å². The normalized spacial score (nSPS) is 17.4. The molecule has 0 saturated carbocycles. The van der Waals surface area contributed by atoms with Gasteiger partial charge in [-0.15, -0.1) is 0 Å². The maximum Gasteiger partial charge on any atom is 0.268 e. The van der Waals surface area contributed by atoms with E-state index in [0.717, 1.165) is 31.7 Å². The number of benzene rings is 1. The van der Waals surface area contributed by atoms with Crippen molar-refractivity contribution in [2.75, 3.05) is 26.2 Å². The van der Waals surface area contributed by atoms with Gasteiger partial charge in [-0.25, -0.2) is 0 Å². The van der Waals surface area contributed by atoms with Gasteiger partial charge in [0.15, 0.2) is 5.43 Å². The Morgan fingerprint density at radius 2 is 2.00 bits per heavy atom. The second-order valence-electron chi connectivity index (χ2n) is 7.18. The van der Waals surface area contributed by atoms with E-state index >= 15 is 0 Å². The standard InChI is InChI=1S/C21H27N3O2/c1-15-6-4-5-7-19(15)17-8-10-24(14-17)11-9-22-21(26)20-13-18(25)12-16(2)23(20)3/h4-7,12-13,17H,8-11,14H2,1-3H3,(H,22,26)/t17-/m0/s1. The molecule has 1 atom stereocenters. The summed E-state index contributed by atoms with van der Waals surface area (Å²) >= 11 is 0. The van der Waals surface area contributed by atoms with E-state index in [0.29, 0.717) is 18.2 Å². The molecule has 1 amide bonds. The number of carbonyl (C=O) groups is 1. The molecule has 26 heavy (non-hydrogen) atoms. The van der Waals surface area contributed by atoms with Crippen LogP contribution in [0.2, 0.25) is 0 Å². The van der Waals surface area contributed by atoms with Gasteiger partial charge in [0.05, 0.1) is 0 Å². The zero-order chi connectivity index (χ0) is 18.7.